The summed E-state index contributed by atoms with van der Waals surface area (Å²) in [4.78, 5) is 5.73. The number of aryl methyl sites for hydroxylation is 2. The lowest BCUT2D eigenvalue weighted by Crippen LogP contribution is -1.96. The molecule has 16 heavy (non-hydrogen) atoms. The van der Waals surface area contributed by atoms with Gasteiger partial charge >= 0.3 is 0 Å². The minimum absolute atomic E-state index is 0.334. The van der Waals surface area contributed by atoms with Crippen LogP contribution < -0.4 is 5.73 Å². The maximum Gasteiger partial charge on any atom is 0.161 e. The van der Waals surface area contributed by atoms with Crippen LogP contribution in [0.4, 0.5) is 5.00 Å². The Labute approximate surface area is 99.1 Å². The summed E-state index contributed by atoms with van der Waals surface area (Å²) in [6.07, 6.45) is 0. The highest BCUT2D eigenvalue weighted by Crippen LogP contribution is 2.32. The SMILES string of the molecule is Cc1cc(-c2nc(C(C)C)nn2C)c(N)s1. The Morgan fingerprint density at radius 3 is 2.56 bits per heavy atom. The van der Waals surface area contributed by atoms with Crippen LogP contribution in [0.1, 0.15) is 30.5 Å². The summed E-state index contributed by atoms with van der Waals surface area (Å²) in [5.74, 6) is 2.05. The van der Waals surface area contributed by atoms with Crippen LogP contribution in [-0.4, -0.2) is 14.8 Å². The summed E-state index contributed by atoms with van der Waals surface area (Å²) >= 11 is 1.59. The van der Waals surface area contributed by atoms with Crippen LogP contribution in [-0.2, 0) is 7.05 Å². The molecule has 0 radical (unpaired) electrons. The van der Waals surface area contributed by atoms with Crippen molar-refractivity contribution in [2.45, 2.75) is 26.7 Å². The molecule has 0 unspecified atom stereocenters. The Morgan fingerprint density at radius 2 is 2.12 bits per heavy atom. The second-order valence-electron chi connectivity index (χ2n) is 4.21. The maximum atomic E-state index is 5.97. The molecule has 2 aromatic rings. The number of hydrogen-bond acceptors (Lipinski definition) is 4. The topological polar surface area (TPSA) is 56.7 Å². The molecule has 2 heterocycles. The predicted octanol–water partition coefficient (Wildman–Crippen LogP) is 2.56. The van der Waals surface area contributed by atoms with E-state index in [1.54, 1.807) is 16.0 Å². The first-order valence-electron chi connectivity index (χ1n) is 5.26. The Balaban J connectivity index is 2.52. The van der Waals surface area contributed by atoms with E-state index in [9.17, 15) is 0 Å². The van der Waals surface area contributed by atoms with E-state index in [1.165, 1.54) is 4.88 Å². The molecule has 0 saturated carbocycles. The number of nitrogens with zero attached hydrogens (tertiary/aromatic N) is 3. The van der Waals surface area contributed by atoms with E-state index in [2.05, 4.69) is 30.0 Å². The van der Waals surface area contributed by atoms with Crippen molar-refractivity contribution in [3.8, 4) is 11.4 Å². The van der Waals surface area contributed by atoms with E-state index in [0.29, 0.717) is 5.92 Å². The number of aromatic nitrogens is 3. The summed E-state index contributed by atoms with van der Waals surface area (Å²) in [6, 6.07) is 2.06. The van der Waals surface area contributed by atoms with Crippen molar-refractivity contribution >= 4 is 16.3 Å². The lowest BCUT2D eigenvalue weighted by molar-refractivity contribution is 0.712. The molecule has 0 aromatic carbocycles. The minimum Gasteiger partial charge on any atom is -0.390 e. The molecule has 5 heteroatoms. The molecule has 0 atom stereocenters. The Bertz CT molecular complexity index is 510. The minimum atomic E-state index is 0.334. The van der Waals surface area contributed by atoms with Crippen LogP contribution in [0.5, 0.6) is 0 Å². The van der Waals surface area contributed by atoms with E-state index in [0.717, 1.165) is 22.2 Å². The lowest BCUT2D eigenvalue weighted by Gasteiger charge is -1.97. The van der Waals surface area contributed by atoms with Crippen LogP contribution in [0.15, 0.2) is 6.07 Å². The third-order valence-electron chi connectivity index (χ3n) is 2.42. The first-order valence-corrected chi connectivity index (χ1v) is 6.08. The van der Waals surface area contributed by atoms with Crippen LogP contribution in [0, 0.1) is 6.92 Å². The normalized spacial score (nSPS) is 11.3. The molecule has 0 fully saturated rings. The van der Waals surface area contributed by atoms with Gasteiger partial charge in [-0.15, -0.1) is 11.3 Å². The molecular formula is C11H16N4S. The van der Waals surface area contributed by atoms with Crippen molar-refractivity contribution < 1.29 is 0 Å². The molecular weight excluding hydrogens is 220 g/mol. The van der Waals surface area contributed by atoms with E-state index >= 15 is 0 Å². The predicted molar refractivity (Wildman–Crippen MR) is 67.6 cm³/mol. The monoisotopic (exact) mass is 236 g/mol. The summed E-state index contributed by atoms with van der Waals surface area (Å²) in [7, 11) is 1.90. The summed E-state index contributed by atoms with van der Waals surface area (Å²) in [5.41, 5.74) is 6.96. The average molecular weight is 236 g/mol. The van der Waals surface area contributed by atoms with Gasteiger partial charge in [0.15, 0.2) is 11.6 Å². The zero-order chi connectivity index (χ0) is 11.9. The van der Waals surface area contributed by atoms with Crippen molar-refractivity contribution in [1.82, 2.24) is 14.8 Å². The second-order valence-corrected chi connectivity index (χ2v) is 5.49. The van der Waals surface area contributed by atoms with Crippen LogP contribution in [0.25, 0.3) is 11.4 Å². The third-order valence-corrected chi connectivity index (χ3v) is 3.30. The van der Waals surface area contributed by atoms with Crippen molar-refractivity contribution in [3.63, 3.8) is 0 Å². The number of nitrogen functional groups attached to an aromatic ring is 1. The number of nitrogens with two attached hydrogens (primary N) is 1. The molecule has 0 amide bonds. The van der Waals surface area contributed by atoms with Crippen LogP contribution >= 0.6 is 11.3 Å². The van der Waals surface area contributed by atoms with Gasteiger partial charge in [0, 0.05) is 17.8 Å². The standard InChI is InChI=1S/C11H16N4S/c1-6(2)10-13-11(15(4)14-10)8-5-7(3)16-9(8)12/h5-6H,12H2,1-4H3. The van der Waals surface area contributed by atoms with E-state index in [4.69, 9.17) is 5.73 Å². The van der Waals surface area contributed by atoms with Gasteiger partial charge in [0.1, 0.15) is 0 Å². The molecule has 86 valence electrons. The van der Waals surface area contributed by atoms with Gasteiger partial charge in [-0.25, -0.2) is 9.67 Å². The highest BCUT2D eigenvalue weighted by Gasteiger charge is 2.15. The van der Waals surface area contributed by atoms with Gasteiger partial charge in [0.2, 0.25) is 0 Å². The molecule has 2 aromatic heterocycles. The second kappa shape index (κ2) is 3.90. The van der Waals surface area contributed by atoms with E-state index < -0.39 is 0 Å². The molecule has 0 saturated heterocycles. The zero-order valence-electron chi connectivity index (χ0n) is 9.98. The van der Waals surface area contributed by atoms with Gasteiger partial charge < -0.3 is 5.73 Å². The fraction of sp³-hybridized carbons (Fsp3) is 0.455. The lowest BCUT2D eigenvalue weighted by atomic mass is 10.2. The molecule has 0 aliphatic heterocycles. The smallest absolute Gasteiger partial charge is 0.161 e. The summed E-state index contributed by atoms with van der Waals surface area (Å²) in [6.45, 7) is 6.22. The molecule has 0 bridgehead atoms. The van der Waals surface area contributed by atoms with Crippen molar-refractivity contribution in [3.05, 3.63) is 16.8 Å². The summed E-state index contributed by atoms with van der Waals surface area (Å²) in [5, 5.41) is 5.20. The zero-order valence-corrected chi connectivity index (χ0v) is 10.8. The number of hydrogen-bond donors (Lipinski definition) is 1. The van der Waals surface area contributed by atoms with Gasteiger partial charge in [-0.05, 0) is 13.0 Å². The highest BCUT2D eigenvalue weighted by atomic mass is 32.1. The Kier molecular flexibility index (Phi) is 2.71. The van der Waals surface area contributed by atoms with Crippen LogP contribution in [0.3, 0.4) is 0 Å². The Morgan fingerprint density at radius 1 is 1.44 bits per heavy atom. The Hall–Kier alpha value is -1.36. The van der Waals surface area contributed by atoms with Gasteiger partial charge in [-0.3, -0.25) is 0 Å². The quantitative estimate of drug-likeness (QED) is 0.871. The fourth-order valence-electron chi connectivity index (χ4n) is 1.59. The van der Waals surface area contributed by atoms with Gasteiger partial charge in [-0.1, -0.05) is 13.8 Å². The maximum absolute atomic E-state index is 5.97. The summed E-state index contributed by atoms with van der Waals surface area (Å²) < 4.78 is 1.80. The largest absolute Gasteiger partial charge is 0.390 e. The average Bonchev–Trinajstić information content (AvgIpc) is 2.69. The number of anilines is 1. The first kappa shape index (κ1) is 11.1. The van der Waals surface area contributed by atoms with Gasteiger partial charge in [-0.2, -0.15) is 5.10 Å². The molecule has 4 nitrogen and oxygen atoms in total. The van der Waals surface area contributed by atoms with Crippen molar-refractivity contribution in [2.24, 2.45) is 7.05 Å². The first-order chi connectivity index (χ1) is 7.49. The van der Waals surface area contributed by atoms with Gasteiger partial charge in [0.25, 0.3) is 0 Å². The third kappa shape index (κ3) is 1.82. The number of thiophene rings is 1. The van der Waals surface area contributed by atoms with Crippen molar-refractivity contribution in [2.75, 3.05) is 5.73 Å². The highest BCUT2D eigenvalue weighted by molar-refractivity contribution is 7.16. The number of rotatable bonds is 2. The van der Waals surface area contributed by atoms with Gasteiger partial charge in [0.05, 0.1) is 10.6 Å². The molecule has 2 rings (SSSR count). The van der Waals surface area contributed by atoms with Crippen molar-refractivity contribution in [1.29, 1.82) is 0 Å². The molecule has 0 aliphatic rings. The van der Waals surface area contributed by atoms with E-state index in [-0.39, 0.29) is 0 Å². The molecule has 0 spiro atoms. The molecule has 0 aliphatic carbocycles. The van der Waals surface area contributed by atoms with Crippen LogP contribution in [0.2, 0.25) is 0 Å². The van der Waals surface area contributed by atoms with E-state index in [1.807, 2.05) is 14.0 Å². The molecule has 2 N–H and O–H groups in total. The fourth-order valence-corrected chi connectivity index (χ4v) is 2.37.